The summed E-state index contributed by atoms with van der Waals surface area (Å²) in [6.45, 7) is 5.98. The van der Waals surface area contributed by atoms with Gasteiger partial charge < -0.3 is 10.1 Å². The van der Waals surface area contributed by atoms with Gasteiger partial charge in [-0.05, 0) is 44.5 Å². The van der Waals surface area contributed by atoms with Crippen molar-refractivity contribution in [2.75, 3.05) is 19.8 Å². The van der Waals surface area contributed by atoms with Crippen LogP contribution in [0.15, 0.2) is 18.2 Å². The average Bonchev–Trinajstić information content (AvgIpc) is 2.25. The molecule has 0 radical (unpaired) electrons. The predicted molar refractivity (Wildman–Crippen MR) is 64.0 cm³/mol. The summed E-state index contributed by atoms with van der Waals surface area (Å²) in [5.41, 5.74) is 0.665. The van der Waals surface area contributed by atoms with Crippen LogP contribution in [0.2, 0.25) is 0 Å². The summed E-state index contributed by atoms with van der Waals surface area (Å²) in [5, 5.41) is 3.23. The van der Waals surface area contributed by atoms with E-state index in [-0.39, 0.29) is 6.04 Å². The molecule has 0 aliphatic rings. The van der Waals surface area contributed by atoms with Crippen molar-refractivity contribution in [3.63, 3.8) is 0 Å². The first-order chi connectivity index (χ1) is 8.11. The molecule has 1 unspecified atom stereocenters. The first-order valence-electron chi connectivity index (χ1n) is 5.88. The summed E-state index contributed by atoms with van der Waals surface area (Å²) in [4.78, 5) is 0. The van der Waals surface area contributed by atoms with E-state index < -0.39 is 11.6 Å². The summed E-state index contributed by atoms with van der Waals surface area (Å²) in [6, 6.07) is 3.85. The Morgan fingerprint density at radius 3 is 2.47 bits per heavy atom. The number of rotatable bonds is 7. The molecule has 1 atom stereocenters. The van der Waals surface area contributed by atoms with Gasteiger partial charge in [-0.25, -0.2) is 8.78 Å². The van der Waals surface area contributed by atoms with Crippen LogP contribution < -0.4 is 5.32 Å². The van der Waals surface area contributed by atoms with E-state index in [0.717, 1.165) is 6.07 Å². The molecule has 0 aliphatic heterocycles. The minimum atomic E-state index is -0.526. The van der Waals surface area contributed by atoms with E-state index >= 15 is 0 Å². The van der Waals surface area contributed by atoms with Gasteiger partial charge in [0, 0.05) is 18.7 Å². The van der Waals surface area contributed by atoms with Crippen molar-refractivity contribution in [3.05, 3.63) is 35.4 Å². The van der Waals surface area contributed by atoms with E-state index in [9.17, 15) is 8.78 Å². The molecule has 4 heteroatoms. The van der Waals surface area contributed by atoms with Gasteiger partial charge in [0.2, 0.25) is 0 Å². The quantitative estimate of drug-likeness (QED) is 0.794. The number of benzene rings is 1. The first kappa shape index (κ1) is 14.1. The Morgan fingerprint density at radius 1 is 1.24 bits per heavy atom. The lowest BCUT2D eigenvalue weighted by atomic mass is 10.1. The third-order valence-electron chi connectivity index (χ3n) is 2.40. The maximum absolute atomic E-state index is 12.9. The molecular formula is C13H19F2NO. The molecule has 0 aliphatic carbocycles. The minimum absolute atomic E-state index is 0.244. The van der Waals surface area contributed by atoms with Gasteiger partial charge in [0.05, 0.1) is 6.61 Å². The second kappa shape index (κ2) is 7.35. The van der Waals surface area contributed by atoms with E-state index in [1.807, 2.05) is 13.8 Å². The molecular weight excluding hydrogens is 224 g/mol. The van der Waals surface area contributed by atoms with Crippen molar-refractivity contribution < 1.29 is 13.5 Å². The highest BCUT2D eigenvalue weighted by molar-refractivity contribution is 5.18. The predicted octanol–water partition coefficient (Wildman–Crippen LogP) is 2.52. The molecule has 0 saturated carbocycles. The highest BCUT2D eigenvalue weighted by Gasteiger charge is 2.03. The summed E-state index contributed by atoms with van der Waals surface area (Å²) in [6.07, 6.45) is 0.602. The molecule has 1 aromatic carbocycles. The average molecular weight is 243 g/mol. The molecule has 0 heterocycles. The van der Waals surface area contributed by atoms with Crippen LogP contribution in [-0.2, 0) is 11.2 Å². The van der Waals surface area contributed by atoms with Crippen LogP contribution in [0.5, 0.6) is 0 Å². The number of hydrogen-bond acceptors (Lipinski definition) is 2. The topological polar surface area (TPSA) is 21.3 Å². The first-order valence-corrected chi connectivity index (χ1v) is 5.88. The van der Waals surface area contributed by atoms with Crippen LogP contribution in [0.4, 0.5) is 8.78 Å². The van der Waals surface area contributed by atoms with E-state index in [1.54, 1.807) is 0 Å². The zero-order valence-electron chi connectivity index (χ0n) is 10.3. The molecule has 0 bridgehead atoms. The zero-order chi connectivity index (χ0) is 12.7. The van der Waals surface area contributed by atoms with Crippen molar-refractivity contribution in [2.24, 2.45) is 0 Å². The summed E-state index contributed by atoms with van der Waals surface area (Å²) >= 11 is 0. The Morgan fingerprint density at radius 2 is 1.88 bits per heavy atom. The van der Waals surface area contributed by atoms with Crippen LogP contribution >= 0.6 is 0 Å². The van der Waals surface area contributed by atoms with E-state index in [4.69, 9.17) is 4.74 Å². The number of halogens is 2. The van der Waals surface area contributed by atoms with Crippen molar-refractivity contribution in [1.29, 1.82) is 0 Å². The molecule has 1 N–H and O–H groups in total. The van der Waals surface area contributed by atoms with Gasteiger partial charge >= 0.3 is 0 Å². The Bertz CT molecular complexity index is 324. The van der Waals surface area contributed by atoms with Gasteiger partial charge in [-0.1, -0.05) is 0 Å². The normalized spacial score (nSPS) is 12.7. The highest BCUT2D eigenvalue weighted by atomic mass is 19.1. The maximum atomic E-state index is 12.9. The van der Waals surface area contributed by atoms with E-state index in [0.29, 0.717) is 31.7 Å². The number of hydrogen-bond donors (Lipinski definition) is 1. The van der Waals surface area contributed by atoms with Crippen molar-refractivity contribution >= 4 is 0 Å². The fourth-order valence-electron chi connectivity index (χ4n) is 1.57. The van der Waals surface area contributed by atoms with Gasteiger partial charge in [0.25, 0.3) is 0 Å². The second-order valence-electron chi connectivity index (χ2n) is 4.04. The Labute approximate surface area is 101 Å². The summed E-state index contributed by atoms with van der Waals surface area (Å²) < 4.78 is 31.1. The number of ether oxygens (including phenoxy) is 1. The van der Waals surface area contributed by atoms with Crippen molar-refractivity contribution in [2.45, 2.75) is 26.3 Å². The molecule has 0 amide bonds. The monoisotopic (exact) mass is 243 g/mol. The van der Waals surface area contributed by atoms with Crippen LogP contribution in [0.1, 0.15) is 19.4 Å². The fourth-order valence-corrected chi connectivity index (χ4v) is 1.57. The number of nitrogens with one attached hydrogen (secondary N) is 1. The molecule has 1 aromatic rings. The molecule has 0 spiro atoms. The molecule has 17 heavy (non-hydrogen) atoms. The molecule has 96 valence electrons. The van der Waals surface area contributed by atoms with Crippen molar-refractivity contribution in [1.82, 2.24) is 5.32 Å². The lowest BCUT2D eigenvalue weighted by Gasteiger charge is -2.13. The van der Waals surface area contributed by atoms with Crippen molar-refractivity contribution in [3.8, 4) is 0 Å². The molecule has 0 saturated heterocycles. The van der Waals surface area contributed by atoms with Gasteiger partial charge in [-0.2, -0.15) is 0 Å². The minimum Gasteiger partial charge on any atom is -0.380 e. The molecule has 0 aromatic heterocycles. The molecule has 0 fully saturated rings. The third kappa shape index (κ3) is 5.75. The fraction of sp³-hybridized carbons (Fsp3) is 0.538. The zero-order valence-corrected chi connectivity index (χ0v) is 10.3. The SMILES string of the molecule is CCOCC(C)NCCc1cc(F)cc(F)c1. The Kier molecular flexibility index (Phi) is 6.08. The largest absolute Gasteiger partial charge is 0.380 e. The molecule has 1 rings (SSSR count). The van der Waals surface area contributed by atoms with E-state index in [2.05, 4.69) is 5.32 Å². The smallest absolute Gasteiger partial charge is 0.126 e. The third-order valence-corrected chi connectivity index (χ3v) is 2.40. The van der Waals surface area contributed by atoms with Gasteiger partial charge in [-0.3, -0.25) is 0 Å². The van der Waals surface area contributed by atoms with Crippen LogP contribution in [0.25, 0.3) is 0 Å². The van der Waals surface area contributed by atoms with Crippen LogP contribution in [-0.4, -0.2) is 25.8 Å². The molecule has 2 nitrogen and oxygen atoms in total. The van der Waals surface area contributed by atoms with Crippen LogP contribution in [0.3, 0.4) is 0 Å². The lowest BCUT2D eigenvalue weighted by molar-refractivity contribution is 0.127. The summed E-state index contributed by atoms with van der Waals surface area (Å²) in [7, 11) is 0. The Balaban J connectivity index is 2.30. The van der Waals surface area contributed by atoms with Gasteiger partial charge in [-0.15, -0.1) is 0 Å². The van der Waals surface area contributed by atoms with Gasteiger partial charge in [0.15, 0.2) is 0 Å². The maximum Gasteiger partial charge on any atom is 0.126 e. The summed E-state index contributed by atoms with van der Waals surface area (Å²) in [5.74, 6) is -1.05. The van der Waals surface area contributed by atoms with Gasteiger partial charge in [0.1, 0.15) is 11.6 Å². The van der Waals surface area contributed by atoms with Crippen LogP contribution in [0, 0.1) is 11.6 Å². The second-order valence-corrected chi connectivity index (χ2v) is 4.04. The van der Waals surface area contributed by atoms with E-state index in [1.165, 1.54) is 12.1 Å². The standard InChI is InChI=1S/C13H19F2NO/c1-3-17-9-10(2)16-5-4-11-6-12(14)8-13(15)7-11/h6-8,10,16H,3-5,9H2,1-2H3. The lowest BCUT2D eigenvalue weighted by Crippen LogP contribution is -2.32. The Hall–Kier alpha value is -1.00. The highest BCUT2D eigenvalue weighted by Crippen LogP contribution is 2.08.